The van der Waals surface area contributed by atoms with Crippen molar-refractivity contribution in [2.75, 3.05) is 32.7 Å². The molecule has 1 unspecified atom stereocenters. The molecule has 6 heteroatoms. The van der Waals surface area contributed by atoms with Gasteiger partial charge in [-0.1, -0.05) is 55.7 Å². The zero-order valence-corrected chi connectivity index (χ0v) is 22.7. The summed E-state index contributed by atoms with van der Waals surface area (Å²) >= 11 is 0. The first-order valence-corrected chi connectivity index (χ1v) is 14.7. The highest BCUT2D eigenvalue weighted by molar-refractivity contribution is 5.94. The average molecular weight is 526 g/mol. The second kappa shape index (κ2) is 11.8. The van der Waals surface area contributed by atoms with E-state index < -0.39 is 0 Å². The lowest BCUT2D eigenvalue weighted by Gasteiger charge is -2.31. The molecule has 1 aliphatic carbocycles. The SMILES string of the molecule is O=C(c1cccc(COc2ccc3cc(CC4CCN(C5CCCCC5)C4=O)ccc3c2)c1)N1CCNCC1. The smallest absolute Gasteiger partial charge is 0.253 e. The lowest BCUT2D eigenvalue weighted by Crippen LogP contribution is -2.46. The molecule has 0 bridgehead atoms. The highest BCUT2D eigenvalue weighted by atomic mass is 16.5. The second-order valence-electron chi connectivity index (χ2n) is 11.4. The van der Waals surface area contributed by atoms with Gasteiger partial charge in [0.2, 0.25) is 5.91 Å². The highest BCUT2D eigenvalue weighted by Crippen LogP contribution is 2.31. The van der Waals surface area contributed by atoms with Gasteiger partial charge in [0, 0.05) is 50.2 Å². The normalized spacial score (nSPS) is 20.5. The number of hydrogen-bond acceptors (Lipinski definition) is 4. The molecule has 204 valence electrons. The van der Waals surface area contributed by atoms with Gasteiger partial charge in [-0.15, -0.1) is 0 Å². The molecule has 3 aromatic rings. The van der Waals surface area contributed by atoms with Crippen LogP contribution in [0.2, 0.25) is 0 Å². The first-order chi connectivity index (χ1) is 19.1. The van der Waals surface area contributed by atoms with E-state index in [9.17, 15) is 9.59 Å². The van der Waals surface area contributed by atoms with Gasteiger partial charge >= 0.3 is 0 Å². The van der Waals surface area contributed by atoms with Crippen molar-refractivity contribution in [3.63, 3.8) is 0 Å². The lowest BCUT2D eigenvalue weighted by molar-refractivity contribution is -0.133. The summed E-state index contributed by atoms with van der Waals surface area (Å²) in [5, 5.41) is 5.58. The number of amides is 2. The number of rotatable bonds is 7. The van der Waals surface area contributed by atoms with Crippen molar-refractivity contribution in [1.29, 1.82) is 0 Å². The summed E-state index contributed by atoms with van der Waals surface area (Å²) in [7, 11) is 0. The number of carbonyl (C=O) groups is 2. The summed E-state index contributed by atoms with van der Waals surface area (Å²) in [5.74, 6) is 1.37. The molecule has 39 heavy (non-hydrogen) atoms. The molecule has 0 aromatic heterocycles. The van der Waals surface area contributed by atoms with Crippen LogP contribution in [0.25, 0.3) is 10.8 Å². The van der Waals surface area contributed by atoms with Crippen molar-refractivity contribution in [2.45, 2.75) is 57.6 Å². The van der Waals surface area contributed by atoms with Crippen LogP contribution in [0, 0.1) is 5.92 Å². The van der Waals surface area contributed by atoms with Gasteiger partial charge in [0.15, 0.2) is 0 Å². The van der Waals surface area contributed by atoms with Crippen LogP contribution in [-0.4, -0.2) is 60.4 Å². The maximum atomic E-state index is 13.1. The largest absolute Gasteiger partial charge is 0.489 e. The Morgan fingerprint density at radius 1 is 0.846 bits per heavy atom. The molecule has 2 amide bonds. The molecule has 6 nitrogen and oxygen atoms in total. The van der Waals surface area contributed by atoms with Crippen molar-refractivity contribution in [2.24, 2.45) is 5.92 Å². The quantitative estimate of drug-likeness (QED) is 0.461. The number of likely N-dealkylation sites (tertiary alicyclic amines) is 1. The lowest BCUT2D eigenvalue weighted by atomic mass is 9.93. The predicted octanol–water partition coefficient (Wildman–Crippen LogP) is 5.19. The molecule has 2 saturated heterocycles. The summed E-state index contributed by atoms with van der Waals surface area (Å²) in [4.78, 5) is 30.1. The van der Waals surface area contributed by atoms with Gasteiger partial charge in [0.05, 0.1) is 0 Å². The Kier molecular flexibility index (Phi) is 7.82. The third kappa shape index (κ3) is 5.96. The van der Waals surface area contributed by atoms with Gasteiger partial charge in [0.1, 0.15) is 12.4 Å². The number of nitrogens with zero attached hydrogens (tertiary/aromatic N) is 2. The zero-order chi connectivity index (χ0) is 26.6. The number of piperazine rings is 1. The molecule has 3 fully saturated rings. The molecular weight excluding hydrogens is 486 g/mol. The first kappa shape index (κ1) is 25.9. The predicted molar refractivity (Wildman–Crippen MR) is 154 cm³/mol. The summed E-state index contributed by atoms with van der Waals surface area (Å²) in [6.07, 6.45) is 7.99. The van der Waals surface area contributed by atoms with Crippen LogP contribution in [0.4, 0.5) is 0 Å². The van der Waals surface area contributed by atoms with Crippen LogP contribution in [0.3, 0.4) is 0 Å². The third-order valence-corrected chi connectivity index (χ3v) is 8.71. The molecule has 0 spiro atoms. The number of ether oxygens (including phenoxy) is 1. The van der Waals surface area contributed by atoms with Crippen LogP contribution < -0.4 is 10.1 Å². The summed E-state index contributed by atoms with van der Waals surface area (Å²) in [6, 6.07) is 20.9. The number of fused-ring (bicyclic) bond motifs is 1. The van der Waals surface area contributed by atoms with Crippen LogP contribution in [0.5, 0.6) is 5.75 Å². The van der Waals surface area contributed by atoms with E-state index in [2.05, 4.69) is 40.5 Å². The van der Waals surface area contributed by atoms with Crippen molar-refractivity contribution < 1.29 is 14.3 Å². The summed E-state index contributed by atoms with van der Waals surface area (Å²) in [6.45, 7) is 4.51. The van der Waals surface area contributed by atoms with Gasteiger partial charge in [-0.3, -0.25) is 9.59 Å². The van der Waals surface area contributed by atoms with E-state index in [1.54, 1.807) is 0 Å². The molecule has 1 saturated carbocycles. The van der Waals surface area contributed by atoms with Gasteiger partial charge in [-0.25, -0.2) is 0 Å². The summed E-state index contributed by atoms with van der Waals surface area (Å²) < 4.78 is 6.12. The van der Waals surface area contributed by atoms with Crippen molar-refractivity contribution in [3.05, 3.63) is 77.4 Å². The Hall–Kier alpha value is -3.38. The first-order valence-electron chi connectivity index (χ1n) is 14.7. The van der Waals surface area contributed by atoms with E-state index >= 15 is 0 Å². The monoisotopic (exact) mass is 525 g/mol. The molecule has 0 radical (unpaired) electrons. The minimum atomic E-state index is 0.0841. The highest BCUT2D eigenvalue weighted by Gasteiger charge is 2.36. The molecule has 6 rings (SSSR count). The molecule has 3 aromatic carbocycles. The Morgan fingerprint density at radius 3 is 2.49 bits per heavy atom. The van der Waals surface area contributed by atoms with Gasteiger partial charge < -0.3 is 19.9 Å². The fraction of sp³-hybridized carbons (Fsp3) is 0.455. The molecule has 1 N–H and O–H groups in total. The Bertz CT molecular complexity index is 1330. The third-order valence-electron chi connectivity index (χ3n) is 8.71. The van der Waals surface area contributed by atoms with Crippen LogP contribution in [-0.2, 0) is 17.8 Å². The van der Waals surface area contributed by atoms with Gasteiger partial charge in [-0.2, -0.15) is 0 Å². The van der Waals surface area contributed by atoms with E-state index in [0.717, 1.165) is 67.7 Å². The number of nitrogens with one attached hydrogen (secondary N) is 1. The minimum absolute atomic E-state index is 0.0841. The Balaban J connectivity index is 1.07. The maximum absolute atomic E-state index is 13.1. The van der Waals surface area contributed by atoms with Crippen LogP contribution in [0.1, 0.15) is 60.0 Å². The standard InChI is InChI=1S/C33H39N3O3/c37-32(35-17-14-34-15-18-35)28-6-4-5-25(21-28)23-39-31-12-11-26-19-24(9-10-27(26)22-31)20-29-13-16-36(33(29)38)30-7-2-1-3-8-30/h4-6,9-12,19,21-22,29-30,34H,1-3,7-8,13-18,20,23H2. The van der Waals surface area contributed by atoms with Crippen molar-refractivity contribution >= 4 is 22.6 Å². The fourth-order valence-electron chi connectivity index (χ4n) is 6.49. The summed E-state index contributed by atoms with van der Waals surface area (Å²) in [5.41, 5.74) is 2.92. The molecule has 2 heterocycles. The number of carbonyl (C=O) groups excluding carboxylic acids is 2. The zero-order valence-electron chi connectivity index (χ0n) is 22.7. The van der Waals surface area contributed by atoms with Crippen LogP contribution in [0.15, 0.2) is 60.7 Å². The van der Waals surface area contributed by atoms with E-state index in [1.165, 1.54) is 37.7 Å². The topological polar surface area (TPSA) is 61.9 Å². The van der Waals surface area contributed by atoms with E-state index in [4.69, 9.17) is 4.74 Å². The number of hydrogen-bond donors (Lipinski definition) is 1. The van der Waals surface area contributed by atoms with Crippen LogP contribution >= 0.6 is 0 Å². The van der Waals surface area contributed by atoms with E-state index in [1.807, 2.05) is 35.2 Å². The minimum Gasteiger partial charge on any atom is -0.489 e. The van der Waals surface area contributed by atoms with E-state index in [0.29, 0.717) is 24.1 Å². The van der Waals surface area contributed by atoms with E-state index in [-0.39, 0.29) is 11.8 Å². The molecule has 1 atom stereocenters. The van der Waals surface area contributed by atoms with Crippen molar-refractivity contribution in [1.82, 2.24) is 15.1 Å². The average Bonchev–Trinajstić information content (AvgIpc) is 3.36. The Labute approximate surface area is 231 Å². The van der Waals surface area contributed by atoms with Crippen molar-refractivity contribution in [3.8, 4) is 5.75 Å². The second-order valence-corrected chi connectivity index (χ2v) is 11.4. The number of benzene rings is 3. The van der Waals surface area contributed by atoms with Gasteiger partial charge in [-0.05, 0) is 71.8 Å². The van der Waals surface area contributed by atoms with Gasteiger partial charge in [0.25, 0.3) is 5.91 Å². The Morgan fingerprint density at radius 2 is 1.64 bits per heavy atom. The molecule has 3 aliphatic rings. The fourth-order valence-corrected chi connectivity index (χ4v) is 6.49. The molecular formula is C33H39N3O3. The molecule has 2 aliphatic heterocycles. The maximum Gasteiger partial charge on any atom is 0.253 e.